The third-order valence-corrected chi connectivity index (χ3v) is 9.56. The monoisotopic (exact) mass is 571 g/mol. The summed E-state index contributed by atoms with van der Waals surface area (Å²) in [6.07, 6.45) is -2.48. The van der Waals surface area contributed by atoms with E-state index in [1.54, 1.807) is 0 Å². The second kappa shape index (κ2) is 11.8. The van der Waals surface area contributed by atoms with E-state index in [4.69, 9.17) is 5.26 Å². The van der Waals surface area contributed by atoms with E-state index in [0.29, 0.717) is 37.8 Å². The van der Waals surface area contributed by atoms with Crippen LogP contribution in [0.3, 0.4) is 0 Å². The van der Waals surface area contributed by atoms with Crippen LogP contribution in [0.2, 0.25) is 0 Å². The second-order valence-electron chi connectivity index (χ2n) is 10.2. The Bertz CT molecular complexity index is 1200. The number of alkyl halides is 3. The van der Waals surface area contributed by atoms with Gasteiger partial charge in [-0.1, -0.05) is 12.1 Å². The SMILES string of the molecule is N#CC1CN(S(=O)(=O)N2CCC[C@H](C(=O)N3CCC[C@@H]3C(=O)NC(CCO)c3ccc(C(F)(F)F)cc3)C2)C1. The number of carbonyl (C=O) groups excluding carboxylic acids is 2. The molecule has 1 aromatic rings. The van der Waals surface area contributed by atoms with Crippen LogP contribution in [0.15, 0.2) is 24.3 Å². The highest BCUT2D eigenvalue weighted by molar-refractivity contribution is 7.86. The maximum absolute atomic E-state index is 13.5. The Kier molecular flexibility index (Phi) is 8.85. The number of rotatable bonds is 8. The molecule has 3 aliphatic rings. The van der Waals surface area contributed by atoms with Gasteiger partial charge in [0, 0.05) is 39.3 Å². The number of benzene rings is 1. The Morgan fingerprint density at radius 2 is 1.74 bits per heavy atom. The van der Waals surface area contributed by atoms with Gasteiger partial charge < -0.3 is 15.3 Å². The van der Waals surface area contributed by atoms with E-state index in [1.807, 2.05) is 6.07 Å². The van der Waals surface area contributed by atoms with Crippen LogP contribution in [0.25, 0.3) is 0 Å². The molecule has 0 spiro atoms. The molecule has 39 heavy (non-hydrogen) atoms. The third kappa shape index (κ3) is 6.37. The van der Waals surface area contributed by atoms with Crippen molar-refractivity contribution in [2.24, 2.45) is 11.8 Å². The van der Waals surface area contributed by atoms with E-state index in [-0.39, 0.29) is 51.0 Å². The fourth-order valence-corrected chi connectivity index (χ4v) is 7.18. The first-order valence-electron chi connectivity index (χ1n) is 13.0. The van der Waals surface area contributed by atoms with Gasteiger partial charge in [0.05, 0.1) is 29.5 Å². The van der Waals surface area contributed by atoms with Gasteiger partial charge in [-0.2, -0.15) is 35.5 Å². The van der Waals surface area contributed by atoms with Gasteiger partial charge in [-0.15, -0.1) is 0 Å². The lowest BCUT2D eigenvalue weighted by Gasteiger charge is -2.41. The first-order chi connectivity index (χ1) is 18.5. The van der Waals surface area contributed by atoms with Crippen LogP contribution in [0, 0.1) is 23.2 Å². The van der Waals surface area contributed by atoms with Gasteiger partial charge in [0.15, 0.2) is 0 Å². The van der Waals surface area contributed by atoms with Crippen LogP contribution in [0.5, 0.6) is 0 Å². The number of aliphatic hydroxyl groups excluding tert-OH is 1. The summed E-state index contributed by atoms with van der Waals surface area (Å²) >= 11 is 0. The van der Waals surface area contributed by atoms with Gasteiger partial charge in [0.1, 0.15) is 6.04 Å². The molecule has 1 aromatic carbocycles. The Balaban J connectivity index is 1.41. The summed E-state index contributed by atoms with van der Waals surface area (Å²) < 4.78 is 67.2. The number of aliphatic hydroxyl groups is 1. The first kappa shape index (κ1) is 29.3. The van der Waals surface area contributed by atoms with Crippen molar-refractivity contribution >= 4 is 22.0 Å². The predicted octanol–water partition coefficient (Wildman–Crippen LogP) is 1.65. The Hall–Kier alpha value is -2.73. The van der Waals surface area contributed by atoms with Crippen molar-refractivity contribution in [2.45, 2.75) is 50.4 Å². The van der Waals surface area contributed by atoms with Gasteiger partial charge in [0.25, 0.3) is 10.2 Å². The number of nitrogens with one attached hydrogen (secondary N) is 1. The summed E-state index contributed by atoms with van der Waals surface area (Å²) in [5.41, 5.74) is -0.422. The number of carbonyl (C=O) groups is 2. The van der Waals surface area contributed by atoms with Crippen molar-refractivity contribution in [1.29, 1.82) is 5.26 Å². The zero-order chi connectivity index (χ0) is 28.4. The number of piperidine rings is 1. The summed E-state index contributed by atoms with van der Waals surface area (Å²) in [4.78, 5) is 28.2. The molecule has 14 heteroatoms. The molecule has 2 amide bonds. The number of amides is 2. The number of halogens is 3. The topological polar surface area (TPSA) is 134 Å². The number of likely N-dealkylation sites (tertiary alicyclic amines) is 1. The number of nitriles is 1. The molecule has 3 saturated heterocycles. The number of nitrogens with zero attached hydrogens (tertiary/aromatic N) is 4. The van der Waals surface area contributed by atoms with Gasteiger partial charge in [-0.05, 0) is 49.8 Å². The Morgan fingerprint density at radius 1 is 1.08 bits per heavy atom. The van der Waals surface area contributed by atoms with Gasteiger partial charge >= 0.3 is 6.18 Å². The van der Waals surface area contributed by atoms with Gasteiger partial charge in [-0.3, -0.25) is 9.59 Å². The molecule has 214 valence electrons. The molecule has 2 N–H and O–H groups in total. The first-order valence-corrected chi connectivity index (χ1v) is 14.4. The molecule has 10 nitrogen and oxygen atoms in total. The van der Waals surface area contributed by atoms with Crippen LogP contribution in [0.4, 0.5) is 13.2 Å². The minimum absolute atomic E-state index is 0.00157. The summed E-state index contributed by atoms with van der Waals surface area (Å²) in [7, 11) is -3.78. The van der Waals surface area contributed by atoms with Crippen molar-refractivity contribution in [2.75, 3.05) is 39.3 Å². The highest BCUT2D eigenvalue weighted by atomic mass is 32.2. The summed E-state index contributed by atoms with van der Waals surface area (Å²) in [6.45, 7) is 0.573. The van der Waals surface area contributed by atoms with Crippen LogP contribution < -0.4 is 5.32 Å². The zero-order valence-corrected chi connectivity index (χ0v) is 22.1. The molecule has 0 saturated carbocycles. The lowest BCUT2D eigenvalue weighted by atomic mass is 9.97. The second-order valence-corrected chi connectivity index (χ2v) is 12.2. The summed E-state index contributed by atoms with van der Waals surface area (Å²) in [6, 6.07) is 4.85. The summed E-state index contributed by atoms with van der Waals surface area (Å²) in [5.74, 6) is -1.72. The maximum atomic E-state index is 13.5. The van der Waals surface area contributed by atoms with E-state index in [1.165, 1.54) is 25.6 Å². The lowest BCUT2D eigenvalue weighted by molar-refractivity contribution is -0.142. The zero-order valence-electron chi connectivity index (χ0n) is 21.3. The number of hydrogen-bond donors (Lipinski definition) is 2. The molecule has 0 bridgehead atoms. The van der Waals surface area contributed by atoms with Crippen molar-refractivity contribution in [3.63, 3.8) is 0 Å². The van der Waals surface area contributed by atoms with Gasteiger partial charge in [-0.25, -0.2) is 0 Å². The van der Waals surface area contributed by atoms with Crippen LogP contribution in [0.1, 0.15) is 49.3 Å². The minimum atomic E-state index is -4.50. The third-order valence-electron chi connectivity index (χ3n) is 7.63. The molecule has 3 heterocycles. The van der Waals surface area contributed by atoms with E-state index in [2.05, 4.69) is 5.32 Å². The lowest BCUT2D eigenvalue weighted by Crippen LogP contribution is -2.57. The van der Waals surface area contributed by atoms with Crippen LogP contribution >= 0.6 is 0 Å². The fourth-order valence-electron chi connectivity index (χ4n) is 5.39. The Labute approximate surface area is 225 Å². The highest BCUT2D eigenvalue weighted by Crippen LogP contribution is 2.32. The molecule has 3 atom stereocenters. The normalized spacial score (nSPS) is 24.1. The molecular formula is C25H32F3N5O5S. The van der Waals surface area contributed by atoms with Crippen molar-refractivity contribution in [1.82, 2.24) is 18.8 Å². The maximum Gasteiger partial charge on any atom is 0.416 e. The molecule has 0 radical (unpaired) electrons. The predicted molar refractivity (Wildman–Crippen MR) is 133 cm³/mol. The average molecular weight is 572 g/mol. The number of hydrogen-bond acceptors (Lipinski definition) is 6. The van der Waals surface area contributed by atoms with Crippen LogP contribution in [-0.4, -0.2) is 84.2 Å². The van der Waals surface area contributed by atoms with E-state index < -0.39 is 45.9 Å². The standard InChI is InChI=1S/C25H32F3N5O5S/c26-25(27,28)20-7-5-18(6-8-20)21(9-12-34)30-23(35)22-4-2-11-33(22)24(36)19-3-1-10-31(16-19)39(37,38)32-14-17(13-29)15-32/h5-8,17,19,21-22,34H,1-4,9-12,14-16H2,(H,30,35)/t19-,21?,22+/m0/s1. The van der Waals surface area contributed by atoms with E-state index in [9.17, 15) is 36.3 Å². The molecule has 0 aliphatic carbocycles. The quantitative estimate of drug-likeness (QED) is 0.488. The smallest absolute Gasteiger partial charge is 0.396 e. The fraction of sp³-hybridized carbons (Fsp3) is 0.640. The molecule has 3 aliphatic heterocycles. The van der Waals surface area contributed by atoms with E-state index >= 15 is 0 Å². The van der Waals surface area contributed by atoms with Crippen molar-refractivity contribution in [3.05, 3.63) is 35.4 Å². The molecule has 1 unspecified atom stereocenters. The average Bonchev–Trinajstić information content (AvgIpc) is 3.37. The Morgan fingerprint density at radius 3 is 2.36 bits per heavy atom. The molecular weight excluding hydrogens is 539 g/mol. The van der Waals surface area contributed by atoms with Crippen molar-refractivity contribution < 1.29 is 36.3 Å². The van der Waals surface area contributed by atoms with E-state index in [0.717, 1.165) is 12.1 Å². The molecule has 4 rings (SSSR count). The molecule has 0 aromatic heterocycles. The summed E-state index contributed by atoms with van der Waals surface area (Å²) in [5, 5.41) is 21.2. The highest BCUT2D eigenvalue weighted by Gasteiger charge is 2.44. The van der Waals surface area contributed by atoms with Crippen molar-refractivity contribution in [3.8, 4) is 6.07 Å². The minimum Gasteiger partial charge on any atom is -0.396 e. The van der Waals surface area contributed by atoms with Crippen LogP contribution in [-0.2, 0) is 26.0 Å². The van der Waals surface area contributed by atoms with Gasteiger partial charge in [0.2, 0.25) is 11.8 Å². The largest absolute Gasteiger partial charge is 0.416 e. The molecule has 3 fully saturated rings.